The van der Waals surface area contributed by atoms with Crippen LogP contribution in [0.3, 0.4) is 0 Å². The monoisotopic (exact) mass is 322 g/mol. The third-order valence-electron chi connectivity index (χ3n) is 2.69. The summed E-state index contributed by atoms with van der Waals surface area (Å²) in [6, 6.07) is 7.31. The summed E-state index contributed by atoms with van der Waals surface area (Å²) in [6.07, 6.45) is 0. The number of ketones is 1. The highest BCUT2D eigenvalue weighted by Gasteiger charge is 2.38. The SMILES string of the molecule is CCOC(=O)[C@](C)(C#Cc1ccc(Br)cc1)C(C)=O. The Balaban J connectivity index is 3.06. The van der Waals surface area contributed by atoms with Gasteiger partial charge in [0.25, 0.3) is 0 Å². The van der Waals surface area contributed by atoms with E-state index < -0.39 is 11.4 Å². The molecular weight excluding hydrogens is 308 g/mol. The van der Waals surface area contributed by atoms with Crippen LogP contribution in [0.4, 0.5) is 0 Å². The number of halogens is 1. The van der Waals surface area contributed by atoms with Crippen LogP contribution in [0, 0.1) is 17.3 Å². The average Bonchev–Trinajstić information content (AvgIpc) is 2.37. The molecule has 19 heavy (non-hydrogen) atoms. The fourth-order valence-electron chi connectivity index (χ4n) is 1.29. The van der Waals surface area contributed by atoms with Gasteiger partial charge in [0.2, 0.25) is 0 Å². The lowest BCUT2D eigenvalue weighted by atomic mass is 9.87. The Morgan fingerprint density at radius 2 is 1.89 bits per heavy atom. The first-order chi connectivity index (χ1) is 8.90. The van der Waals surface area contributed by atoms with Crippen molar-refractivity contribution in [3.63, 3.8) is 0 Å². The molecule has 1 atom stereocenters. The van der Waals surface area contributed by atoms with Gasteiger partial charge in [-0.15, -0.1) is 0 Å². The standard InChI is InChI=1S/C15H15BrO3/c1-4-19-14(18)15(3,11(2)17)10-9-12-5-7-13(16)8-6-12/h5-8H,4H2,1-3H3/t15-/m1/s1. The second-order valence-electron chi connectivity index (χ2n) is 4.16. The van der Waals surface area contributed by atoms with Gasteiger partial charge in [-0.05, 0) is 45.0 Å². The highest BCUT2D eigenvalue weighted by molar-refractivity contribution is 9.10. The molecule has 100 valence electrons. The molecule has 0 radical (unpaired) electrons. The van der Waals surface area contributed by atoms with Crippen LogP contribution in [0.2, 0.25) is 0 Å². The fourth-order valence-corrected chi connectivity index (χ4v) is 1.55. The Labute approximate surface area is 121 Å². The molecular formula is C15H15BrO3. The predicted molar refractivity (Wildman–Crippen MR) is 76.4 cm³/mol. The van der Waals surface area contributed by atoms with E-state index in [4.69, 9.17) is 4.74 Å². The predicted octanol–water partition coefficient (Wildman–Crippen LogP) is 2.96. The van der Waals surface area contributed by atoms with Crippen molar-refractivity contribution >= 4 is 27.7 Å². The zero-order valence-corrected chi connectivity index (χ0v) is 12.7. The number of benzene rings is 1. The Morgan fingerprint density at radius 1 is 1.32 bits per heavy atom. The molecule has 0 aliphatic rings. The molecule has 0 unspecified atom stereocenters. The molecule has 0 fully saturated rings. The Kier molecular flexibility index (Phi) is 5.31. The number of carbonyl (C=O) groups excluding carboxylic acids is 2. The van der Waals surface area contributed by atoms with Gasteiger partial charge >= 0.3 is 5.97 Å². The van der Waals surface area contributed by atoms with Crippen molar-refractivity contribution in [2.75, 3.05) is 6.61 Å². The minimum atomic E-state index is -1.41. The Morgan fingerprint density at radius 3 is 2.37 bits per heavy atom. The topological polar surface area (TPSA) is 43.4 Å². The van der Waals surface area contributed by atoms with Crippen LogP contribution in [-0.2, 0) is 14.3 Å². The van der Waals surface area contributed by atoms with Crippen molar-refractivity contribution in [1.82, 2.24) is 0 Å². The van der Waals surface area contributed by atoms with Gasteiger partial charge in [-0.1, -0.05) is 27.8 Å². The molecule has 3 nitrogen and oxygen atoms in total. The summed E-state index contributed by atoms with van der Waals surface area (Å²) in [6.45, 7) is 4.74. The number of Topliss-reactive ketones (excluding diaryl/α,β-unsaturated/α-hetero) is 1. The lowest BCUT2D eigenvalue weighted by Gasteiger charge is -2.17. The van der Waals surface area contributed by atoms with Crippen molar-refractivity contribution in [2.45, 2.75) is 20.8 Å². The van der Waals surface area contributed by atoms with Gasteiger partial charge in [-0.25, -0.2) is 4.79 Å². The van der Waals surface area contributed by atoms with Crippen LogP contribution in [0.5, 0.6) is 0 Å². The van der Waals surface area contributed by atoms with E-state index in [9.17, 15) is 9.59 Å². The van der Waals surface area contributed by atoms with Crippen LogP contribution < -0.4 is 0 Å². The molecule has 0 aliphatic carbocycles. The van der Waals surface area contributed by atoms with Gasteiger partial charge in [-0.3, -0.25) is 4.79 Å². The van der Waals surface area contributed by atoms with Crippen LogP contribution in [0.25, 0.3) is 0 Å². The molecule has 0 N–H and O–H groups in total. The van der Waals surface area contributed by atoms with E-state index in [1.807, 2.05) is 24.3 Å². The molecule has 0 heterocycles. The molecule has 1 aromatic carbocycles. The molecule has 1 aromatic rings. The molecule has 0 aliphatic heterocycles. The van der Waals surface area contributed by atoms with E-state index in [0.717, 1.165) is 10.0 Å². The second kappa shape index (κ2) is 6.53. The summed E-state index contributed by atoms with van der Waals surface area (Å²) < 4.78 is 5.85. The highest BCUT2D eigenvalue weighted by Crippen LogP contribution is 2.19. The maximum atomic E-state index is 11.8. The minimum absolute atomic E-state index is 0.224. The molecule has 0 spiro atoms. The normalized spacial score (nSPS) is 12.8. The molecule has 1 rings (SSSR count). The molecule has 0 amide bonds. The number of carbonyl (C=O) groups is 2. The van der Waals surface area contributed by atoms with Gasteiger partial charge in [0.15, 0.2) is 11.2 Å². The summed E-state index contributed by atoms with van der Waals surface area (Å²) in [4.78, 5) is 23.5. The Bertz CT molecular complexity index is 537. The van der Waals surface area contributed by atoms with Crippen molar-refractivity contribution in [1.29, 1.82) is 0 Å². The van der Waals surface area contributed by atoms with Gasteiger partial charge < -0.3 is 4.74 Å². The number of ether oxygens (including phenoxy) is 1. The van der Waals surface area contributed by atoms with E-state index in [2.05, 4.69) is 27.8 Å². The van der Waals surface area contributed by atoms with Crippen LogP contribution in [0.1, 0.15) is 26.3 Å². The third kappa shape index (κ3) is 3.93. The Hall–Kier alpha value is -1.60. The maximum absolute atomic E-state index is 11.8. The number of hydrogen-bond acceptors (Lipinski definition) is 3. The summed E-state index contributed by atoms with van der Waals surface area (Å²) in [7, 11) is 0. The molecule has 0 bridgehead atoms. The number of hydrogen-bond donors (Lipinski definition) is 0. The zero-order chi connectivity index (χ0) is 14.5. The van der Waals surface area contributed by atoms with Crippen molar-refractivity contribution in [2.24, 2.45) is 5.41 Å². The van der Waals surface area contributed by atoms with Gasteiger partial charge in [0.1, 0.15) is 0 Å². The van der Waals surface area contributed by atoms with E-state index in [0.29, 0.717) is 0 Å². The number of esters is 1. The summed E-state index contributed by atoms with van der Waals surface area (Å²) in [5, 5.41) is 0. The van der Waals surface area contributed by atoms with E-state index in [1.165, 1.54) is 13.8 Å². The van der Waals surface area contributed by atoms with E-state index in [1.54, 1.807) is 6.92 Å². The van der Waals surface area contributed by atoms with Gasteiger partial charge in [0, 0.05) is 10.0 Å². The van der Waals surface area contributed by atoms with E-state index in [-0.39, 0.29) is 12.4 Å². The molecule has 0 aromatic heterocycles. The maximum Gasteiger partial charge on any atom is 0.331 e. The largest absolute Gasteiger partial charge is 0.465 e. The first kappa shape index (κ1) is 15.5. The van der Waals surface area contributed by atoms with Crippen LogP contribution in [-0.4, -0.2) is 18.4 Å². The second-order valence-corrected chi connectivity index (χ2v) is 5.07. The van der Waals surface area contributed by atoms with Crippen LogP contribution >= 0.6 is 15.9 Å². The highest BCUT2D eigenvalue weighted by atomic mass is 79.9. The third-order valence-corrected chi connectivity index (χ3v) is 3.22. The number of rotatable bonds is 3. The molecule has 0 saturated carbocycles. The fraction of sp³-hybridized carbons (Fsp3) is 0.333. The minimum Gasteiger partial charge on any atom is -0.465 e. The van der Waals surface area contributed by atoms with Gasteiger partial charge in [-0.2, -0.15) is 0 Å². The summed E-state index contributed by atoms with van der Waals surface area (Å²) >= 11 is 3.33. The average molecular weight is 323 g/mol. The lowest BCUT2D eigenvalue weighted by Crippen LogP contribution is -2.35. The molecule has 0 saturated heterocycles. The van der Waals surface area contributed by atoms with Gasteiger partial charge in [0.05, 0.1) is 6.61 Å². The lowest BCUT2D eigenvalue weighted by molar-refractivity contribution is -0.154. The molecule has 4 heteroatoms. The first-order valence-corrected chi connectivity index (χ1v) is 6.66. The summed E-state index contributed by atoms with van der Waals surface area (Å²) in [5.41, 5.74) is -0.678. The summed E-state index contributed by atoms with van der Waals surface area (Å²) in [5.74, 6) is 4.64. The van der Waals surface area contributed by atoms with Crippen molar-refractivity contribution in [3.05, 3.63) is 34.3 Å². The smallest absolute Gasteiger partial charge is 0.331 e. The van der Waals surface area contributed by atoms with E-state index >= 15 is 0 Å². The zero-order valence-electron chi connectivity index (χ0n) is 11.1. The van der Waals surface area contributed by atoms with Crippen molar-refractivity contribution < 1.29 is 14.3 Å². The first-order valence-electron chi connectivity index (χ1n) is 5.87. The van der Waals surface area contributed by atoms with Crippen molar-refractivity contribution in [3.8, 4) is 11.8 Å². The van der Waals surface area contributed by atoms with Crippen LogP contribution in [0.15, 0.2) is 28.7 Å². The quantitative estimate of drug-likeness (QED) is 0.488.